The normalized spacial score (nSPS) is 17.2. The maximum atomic E-state index is 13.6. The van der Waals surface area contributed by atoms with E-state index in [0.29, 0.717) is 22.4 Å². The van der Waals surface area contributed by atoms with E-state index in [1.54, 1.807) is 36.4 Å². The molecule has 45 heavy (non-hydrogen) atoms. The molecule has 0 radical (unpaired) electrons. The summed E-state index contributed by atoms with van der Waals surface area (Å²) in [5.74, 6) is -3.86. The van der Waals surface area contributed by atoms with Crippen LogP contribution in [0.1, 0.15) is 47.7 Å². The number of carbonyl (C=O) groups excluding carboxylic acids is 2. The fraction of sp³-hybridized carbons (Fsp3) is 0.206. The number of carboxylic acid groups (broad SMARTS) is 1. The summed E-state index contributed by atoms with van der Waals surface area (Å²) < 4.78 is 32.5. The predicted octanol–water partition coefficient (Wildman–Crippen LogP) is 5.21. The number of hydrogen-bond acceptors (Lipinski definition) is 6. The molecule has 0 spiro atoms. The quantitative estimate of drug-likeness (QED) is 0.161. The Morgan fingerprint density at radius 2 is 1.53 bits per heavy atom. The number of amides is 2. The second kappa shape index (κ2) is 13.6. The Morgan fingerprint density at radius 1 is 0.889 bits per heavy atom. The highest BCUT2D eigenvalue weighted by molar-refractivity contribution is 6.03. The molecule has 0 saturated carbocycles. The predicted molar refractivity (Wildman–Crippen MR) is 159 cm³/mol. The molecule has 1 aliphatic rings. The number of aromatic hydroxyl groups is 1. The highest BCUT2D eigenvalue weighted by Crippen LogP contribution is 2.49. The molecule has 5 rings (SSSR count). The number of phenolic OH excluding ortho intramolecular Hbond substituents is 1. The van der Waals surface area contributed by atoms with E-state index < -0.39 is 54.2 Å². The molecule has 9 nitrogen and oxygen atoms in total. The van der Waals surface area contributed by atoms with E-state index in [1.165, 1.54) is 65.6 Å². The molecule has 1 aliphatic heterocycles. The first-order chi connectivity index (χ1) is 21.6. The van der Waals surface area contributed by atoms with Crippen LogP contribution in [0.25, 0.3) is 0 Å². The van der Waals surface area contributed by atoms with Crippen molar-refractivity contribution < 1.29 is 43.2 Å². The summed E-state index contributed by atoms with van der Waals surface area (Å²) in [6.07, 6.45) is -0.520. The van der Waals surface area contributed by atoms with Crippen molar-refractivity contribution >= 4 is 23.5 Å². The third kappa shape index (κ3) is 7.10. The summed E-state index contributed by atoms with van der Waals surface area (Å²) in [5.41, 5.74) is 1.68. The molecule has 1 fully saturated rings. The molecule has 4 aromatic rings. The first-order valence-corrected chi connectivity index (χ1v) is 14.2. The second-order valence-electron chi connectivity index (χ2n) is 10.6. The van der Waals surface area contributed by atoms with Crippen LogP contribution in [-0.2, 0) is 14.4 Å². The largest absolute Gasteiger partial charge is 0.507 e. The van der Waals surface area contributed by atoms with Crippen molar-refractivity contribution in [2.75, 3.05) is 11.5 Å². The molecular weight excluding hydrogens is 586 g/mol. The van der Waals surface area contributed by atoms with Crippen LogP contribution in [-0.4, -0.2) is 39.7 Å². The maximum Gasteiger partial charge on any atom is 0.330 e. The lowest BCUT2D eigenvalue weighted by molar-refractivity contribution is -0.142. The molecule has 0 bridgehead atoms. The SMILES string of the molecule is O=C(COc1ccc([C@@H]2[C@@H](CC[C@H](O)c3ccc(F)cc3)C(=O)N2c2ccc(F)cc2)c(O)c1)N[C@@H](C(=O)O)c1ccccc1. The van der Waals surface area contributed by atoms with Gasteiger partial charge in [-0.1, -0.05) is 42.5 Å². The third-order valence-electron chi connectivity index (χ3n) is 7.70. The van der Waals surface area contributed by atoms with Gasteiger partial charge in [-0.3, -0.25) is 9.59 Å². The summed E-state index contributed by atoms with van der Waals surface area (Å²) in [4.78, 5) is 39.0. The number of halogens is 2. The lowest BCUT2D eigenvalue weighted by Gasteiger charge is -2.48. The van der Waals surface area contributed by atoms with E-state index in [4.69, 9.17) is 4.74 Å². The fourth-order valence-corrected chi connectivity index (χ4v) is 5.41. The van der Waals surface area contributed by atoms with Gasteiger partial charge >= 0.3 is 5.97 Å². The number of phenols is 1. The van der Waals surface area contributed by atoms with Gasteiger partial charge in [0.1, 0.15) is 23.1 Å². The van der Waals surface area contributed by atoms with Gasteiger partial charge in [-0.25, -0.2) is 13.6 Å². The van der Waals surface area contributed by atoms with Crippen molar-refractivity contribution in [3.63, 3.8) is 0 Å². The molecular formula is C34H30F2N2O7. The van der Waals surface area contributed by atoms with Crippen LogP contribution in [0.2, 0.25) is 0 Å². The van der Waals surface area contributed by atoms with Crippen molar-refractivity contribution in [1.29, 1.82) is 0 Å². The van der Waals surface area contributed by atoms with E-state index in [9.17, 15) is 38.5 Å². The van der Waals surface area contributed by atoms with Crippen molar-refractivity contribution in [1.82, 2.24) is 5.32 Å². The zero-order valence-electron chi connectivity index (χ0n) is 23.8. The minimum atomic E-state index is -1.27. The van der Waals surface area contributed by atoms with Gasteiger partial charge < -0.3 is 30.3 Å². The summed E-state index contributed by atoms with van der Waals surface area (Å²) in [5, 5.41) is 33.6. The first-order valence-electron chi connectivity index (χ1n) is 14.2. The molecule has 232 valence electrons. The number of nitrogens with one attached hydrogen (secondary N) is 1. The number of ether oxygens (including phenoxy) is 1. The van der Waals surface area contributed by atoms with Gasteiger partial charge in [0.15, 0.2) is 12.6 Å². The van der Waals surface area contributed by atoms with E-state index in [0.717, 1.165) is 0 Å². The molecule has 1 saturated heterocycles. The number of hydrogen-bond donors (Lipinski definition) is 4. The molecule has 4 atom stereocenters. The van der Waals surface area contributed by atoms with Gasteiger partial charge in [-0.2, -0.15) is 0 Å². The van der Waals surface area contributed by atoms with Crippen LogP contribution in [0, 0.1) is 17.6 Å². The average Bonchev–Trinajstić information content (AvgIpc) is 3.03. The summed E-state index contributed by atoms with van der Waals surface area (Å²) in [6, 6.07) is 21.4. The van der Waals surface area contributed by atoms with Crippen LogP contribution < -0.4 is 15.0 Å². The van der Waals surface area contributed by atoms with Gasteiger partial charge in [-0.05, 0) is 72.5 Å². The first kappa shape index (κ1) is 31.1. The van der Waals surface area contributed by atoms with Crippen molar-refractivity contribution in [2.24, 2.45) is 5.92 Å². The monoisotopic (exact) mass is 616 g/mol. The Morgan fingerprint density at radius 3 is 2.16 bits per heavy atom. The molecule has 4 N–H and O–H groups in total. The lowest BCUT2D eigenvalue weighted by atomic mass is 9.78. The zero-order valence-corrected chi connectivity index (χ0v) is 23.8. The number of aliphatic hydroxyl groups is 1. The number of rotatable bonds is 12. The summed E-state index contributed by atoms with van der Waals surface area (Å²) in [6.45, 7) is -0.525. The Kier molecular flexibility index (Phi) is 9.39. The third-order valence-corrected chi connectivity index (χ3v) is 7.70. The summed E-state index contributed by atoms with van der Waals surface area (Å²) in [7, 11) is 0. The van der Waals surface area contributed by atoms with E-state index >= 15 is 0 Å². The molecule has 0 aliphatic carbocycles. The Hall–Kier alpha value is -5.29. The van der Waals surface area contributed by atoms with Gasteiger partial charge in [-0.15, -0.1) is 0 Å². The van der Waals surface area contributed by atoms with Crippen molar-refractivity contribution in [3.8, 4) is 11.5 Å². The van der Waals surface area contributed by atoms with Crippen LogP contribution in [0.4, 0.5) is 14.5 Å². The molecule has 0 aromatic heterocycles. The Balaban J connectivity index is 1.30. The molecule has 11 heteroatoms. The second-order valence-corrected chi connectivity index (χ2v) is 10.6. The number of nitrogens with zero attached hydrogens (tertiary/aromatic N) is 1. The summed E-state index contributed by atoms with van der Waals surface area (Å²) >= 11 is 0. The fourth-order valence-electron chi connectivity index (χ4n) is 5.41. The van der Waals surface area contributed by atoms with E-state index in [-0.39, 0.29) is 30.2 Å². The average molecular weight is 617 g/mol. The molecule has 2 amide bonds. The highest BCUT2D eigenvalue weighted by Gasteiger charge is 2.49. The van der Waals surface area contributed by atoms with Gasteiger partial charge in [0.25, 0.3) is 5.91 Å². The molecule has 1 heterocycles. The van der Waals surface area contributed by atoms with Gasteiger partial charge in [0.2, 0.25) is 5.91 Å². The van der Waals surface area contributed by atoms with Crippen LogP contribution in [0.3, 0.4) is 0 Å². The lowest BCUT2D eigenvalue weighted by Crippen LogP contribution is -2.55. The zero-order chi connectivity index (χ0) is 32.1. The number of carbonyl (C=O) groups is 3. The van der Waals surface area contributed by atoms with Crippen LogP contribution >= 0.6 is 0 Å². The Labute approximate surface area is 257 Å². The topological polar surface area (TPSA) is 136 Å². The Bertz CT molecular complexity index is 1670. The number of carboxylic acids is 1. The van der Waals surface area contributed by atoms with E-state index in [2.05, 4.69) is 5.32 Å². The van der Waals surface area contributed by atoms with Crippen molar-refractivity contribution in [2.45, 2.75) is 31.0 Å². The van der Waals surface area contributed by atoms with Crippen molar-refractivity contribution in [3.05, 3.63) is 125 Å². The van der Waals surface area contributed by atoms with Gasteiger partial charge in [0, 0.05) is 17.3 Å². The standard InChI is InChI=1S/C34H30F2N2O7/c35-22-8-6-20(7-9-22)28(39)17-16-27-32(38(33(27)42)24-12-10-23(36)11-13-24)26-15-14-25(18-29(26)40)45-19-30(41)37-31(34(43)44)21-4-2-1-3-5-21/h1-15,18,27-28,31-32,39-40H,16-17,19H2,(H,37,41)(H,43,44)/t27-,28+,31-,32-/m1/s1. The van der Waals surface area contributed by atoms with E-state index in [1.807, 2.05) is 0 Å². The van der Waals surface area contributed by atoms with Gasteiger partial charge in [0.05, 0.1) is 18.1 Å². The van der Waals surface area contributed by atoms with Crippen LogP contribution in [0.5, 0.6) is 11.5 Å². The molecule has 4 aromatic carbocycles. The minimum absolute atomic E-state index is 0.125. The number of aliphatic carboxylic acids is 1. The minimum Gasteiger partial charge on any atom is -0.507 e. The number of aliphatic hydroxyl groups excluding tert-OH is 1. The molecule has 0 unspecified atom stereocenters. The smallest absolute Gasteiger partial charge is 0.330 e. The number of anilines is 1. The maximum absolute atomic E-state index is 13.6. The number of β-lactam (4-membered cyclic amide) rings is 1. The highest BCUT2D eigenvalue weighted by atomic mass is 19.1. The number of benzene rings is 4. The van der Waals surface area contributed by atoms with Crippen LogP contribution in [0.15, 0.2) is 97.1 Å².